The normalized spacial score (nSPS) is 26.7. The van der Waals surface area contributed by atoms with Crippen LogP contribution in [0.3, 0.4) is 0 Å². The minimum atomic E-state index is -0.0913. The lowest BCUT2D eigenvalue weighted by atomic mass is 9.90. The number of carbonyl (C=O) groups is 1. The number of hydrogen-bond donors (Lipinski definition) is 1. The Bertz CT molecular complexity index is 745. The first-order valence-corrected chi connectivity index (χ1v) is 9.65. The van der Waals surface area contributed by atoms with Crippen molar-refractivity contribution >= 4 is 5.91 Å². The molecule has 3 atom stereocenters. The van der Waals surface area contributed by atoms with Crippen molar-refractivity contribution in [1.82, 2.24) is 20.4 Å². The van der Waals surface area contributed by atoms with Crippen molar-refractivity contribution < 1.29 is 9.32 Å². The van der Waals surface area contributed by atoms with E-state index in [1.165, 1.54) is 0 Å². The molecule has 0 saturated carbocycles. The van der Waals surface area contributed by atoms with E-state index < -0.39 is 0 Å². The van der Waals surface area contributed by atoms with Crippen LogP contribution in [-0.4, -0.2) is 40.1 Å². The van der Waals surface area contributed by atoms with Gasteiger partial charge in [-0.1, -0.05) is 35.5 Å². The second kappa shape index (κ2) is 7.58. The van der Waals surface area contributed by atoms with E-state index in [9.17, 15) is 4.79 Å². The second-order valence-corrected chi connectivity index (χ2v) is 7.44. The van der Waals surface area contributed by atoms with Gasteiger partial charge in [-0.25, -0.2) is 0 Å². The summed E-state index contributed by atoms with van der Waals surface area (Å²) in [6, 6.07) is 10.1. The van der Waals surface area contributed by atoms with Crippen molar-refractivity contribution in [3.63, 3.8) is 0 Å². The molecule has 6 nitrogen and oxygen atoms in total. The molecule has 3 heterocycles. The van der Waals surface area contributed by atoms with E-state index in [2.05, 4.69) is 22.4 Å². The van der Waals surface area contributed by atoms with Crippen LogP contribution in [0.4, 0.5) is 0 Å². The number of aromatic nitrogens is 2. The quantitative estimate of drug-likeness (QED) is 0.917. The molecule has 0 aliphatic carbocycles. The Labute approximate surface area is 154 Å². The third kappa shape index (κ3) is 3.51. The smallest absolute Gasteiger partial charge is 0.249 e. The van der Waals surface area contributed by atoms with Crippen molar-refractivity contribution in [2.24, 2.45) is 5.92 Å². The van der Waals surface area contributed by atoms with Gasteiger partial charge in [0.05, 0.1) is 0 Å². The fourth-order valence-corrected chi connectivity index (χ4v) is 4.12. The van der Waals surface area contributed by atoms with E-state index in [4.69, 9.17) is 4.52 Å². The number of nitrogens with one attached hydrogen (secondary N) is 1. The topological polar surface area (TPSA) is 71.3 Å². The summed E-state index contributed by atoms with van der Waals surface area (Å²) in [6.45, 7) is 3.84. The summed E-state index contributed by atoms with van der Waals surface area (Å²) >= 11 is 0. The van der Waals surface area contributed by atoms with Crippen LogP contribution in [-0.2, 0) is 4.79 Å². The maximum absolute atomic E-state index is 13.2. The van der Waals surface area contributed by atoms with Crippen LogP contribution in [0.5, 0.6) is 0 Å². The van der Waals surface area contributed by atoms with E-state index in [1.54, 1.807) is 0 Å². The molecule has 4 rings (SSSR count). The zero-order valence-corrected chi connectivity index (χ0v) is 15.2. The first-order chi connectivity index (χ1) is 12.7. The Kier molecular flexibility index (Phi) is 5.02. The number of nitrogens with zero attached hydrogens (tertiary/aromatic N) is 3. The molecule has 1 aromatic heterocycles. The SMILES string of the molecule is C[C@H]1C[C@@H](C(=O)N2CCCCC2c2nc(-c3ccccc3)no2)CCN1. The van der Waals surface area contributed by atoms with Crippen LogP contribution in [0.15, 0.2) is 34.9 Å². The Hall–Kier alpha value is -2.21. The van der Waals surface area contributed by atoms with Crippen molar-refractivity contribution in [3.8, 4) is 11.4 Å². The average molecular weight is 354 g/mol. The van der Waals surface area contributed by atoms with Crippen LogP contribution in [0.25, 0.3) is 11.4 Å². The molecule has 2 saturated heterocycles. The summed E-state index contributed by atoms with van der Waals surface area (Å²) in [4.78, 5) is 19.8. The molecule has 1 N–H and O–H groups in total. The zero-order valence-electron chi connectivity index (χ0n) is 15.2. The van der Waals surface area contributed by atoms with E-state index in [0.717, 1.165) is 50.8 Å². The van der Waals surface area contributed by atoms with Gasteiger partial charge in [-0.05, 0) is 45.6 Å². The van der Waals surface area contributed by atoms with Gasteiger partial charge in [0.15, 0.2) is 0 Å². The van der Waals surface area contributed by atoms with E-state index in [-0.39, 0.29) is 17.9 Å². The van der Waals surface area contributed by atoms with E-state index in [1.807, 2.05) is 35.2 Å². The predicted octanol–water partition coefficient (Wildman–Crippen LogP) is 3.18. The molecule has 2 aromatic rings. The Balaban J connectivity index is 1.54. The molecular weight excluding hydrogens is 328 g/mol. The molecule has 26 heavy (non-hydrogen) atoms. The minimum Gasteiger partial charge on any atom is -0.337 e. The summed E-state index contributed by atoms with van der Waals surface area (Å²) in [5.41, 5.74) is 0.934. The lowest BCUT2D eigenvalue weighted by Gasteiger charge is -2.37. The van der Waals surface area contributed by atoms with Crippen LogP contribution < -0.4 is 5.32 Å². The first-order valence-electron chi connectivity index (χ1n) is 9.65. The molecule has 2 aliphatic heterocycles. The number of likely N-dealkylation sites (tertiary alicyclic amines) is 1. The van der Waals surface area contributed by atoms with Gasteiger partial charge in [-0.15, -0.1) is 0 Å². The fourth-order valence-electron chi connectivity index (χ4n) is 4.12. The highest BCUT2D eigenvalue weighted by Gasteiger charge is 2.36. The maximum Gasteiger partial charge on any atom is 0.249 e. The highest BCUT2D eigenvalue weighted by Crippen LogP contribution is 2.33. The number of hydrogen-bond acceptors (Lipinski definition) is 5. The standard InChI is InChI=1S/C20H26N4O2/c1-14-13-16(10-11-21-14)20(25)24-12-6-5-9-17(24)19-22-18(23-26-19)15-7-3-2-4-8-15/h2-4,7-8,14,16-17,21H,5-6,9-13H2,1H3/t14-,16-,17?/m0/s1. The molecule has 6 heteroatoms. The molecule has 0 bridgehead atoms. The van der Waals surface area contributed by atoms with Gasteiger partial charge in [0, 0.05) is 24.1 Å². The average Bonchev–Trinajstić information content (AvgIpc) is 3.18. The molecule has 2 aliphatic rings. The van der Waals surface area contributed by atoms with Crippen molar-refractivity contribution in [2.45, 2.75) is 51.1 Å². The maximum atomic E-state index is 13.2. The summed E-state index contributed by atoms with van der Waals surface area (Å²) in [7, 11) is 0. The Morgan fingerprint density at radius 2 is 2.08 bits per heavy atom. The third-order valence-electron chi connectivity index (χ3n) is 5.52. The molecule has 1 unspecified atom stereocenters. The van der Waals surface area contributed by atoms with Crippen molar-refractivity contribution in [3.05, 3.63) is 36.2 Å². The van der Waals surface area contributed by atoms with Crippen LogP contribution in [0.2, 0.25) is 0 Å². The molecule has 138 valence electrons. The van der Waals surface area contributed by atoms with Gasteiger partial charge < -0.3 is 14.7 Å². The lowest BCUT2D eigenvalue weighted by molar-refractivity contribution is -0.141. The molecule has 0 radical (unpaired) electrons. The van der Waals surface area contributed by atoms with Gasteiger partial charge >= 0.3 is 0 Å². The fraction of sp³-hybridized carbons (Fsp3) is 0.550. The predicted molar refractivity (Wildman–Crippen MR) is 98.2 cm³/mol. The van der Waals surface area contributed by atoms with Crippen molar-refractivity contribution in [2.75, 3.05) is 13.1 Å². The second-order valence-electron chi connectivity index (χ2n) is 7.44. The van der Waals surface area contributed by atoms with Crippen LogP contribution in [0.1, 0.15) is 51.0 Å². The van der Waals surface area contributed by atoms with Gasteiger partial charge in [0.1, 0.15) is 6.04 Å². The molecular formula is C20H26N4O2. The largest absolute Gasteiger partial charge is 0.337 e. The zero-order chi connectivity index (χ0) is 17.9. The summed E-state index contributed by atoms with van der Waals surface area (Å²) < 4.78 is 5.58. The number of carbonyl (C=O) groups excluding carboxylic acids is 1. The van der Waals surface area contributed by atoms with Crippen molar-refractivity contribution in [1.29, 1.82) is 0 Å². The monoisotopic (exact) mass is 354 g/mol. The van der Waals surface area contributed by atoms with E-state index in [0.29, 0.717) is 17.8 Å². The van der Waals surface area contributed by atoms with E-state index >= 15 is 0 Å². The highest BCUT2D eigenvalue weighted by molar-refractivity contribution is 5.79. The Morgan fingerprint density at radius 1 is 1.23 bits per heavy atom. The molecule has 1 amide bonds. The van der Waals surface area contributed by atoms with Gasteiger partial charge in [0.2, 0.25) is 17.6 Å². The molecule has 1 aromatic carbocycles. The van der Waals surface area contributed by atoms with Gasteiger partial charge in [-0.3, -0.25) is 4.79 Å². The summed E-state index contributed by atoms with van der Waals surface area (Å²) in [6.07, 6.45) is 4.83. The number of benzene rings is 1. The molecule has 0 spiro atoms. The molecule has 2 fully saturated rings. The first kappa shape index (κ1) is 17.2. The number of amides is 1. The van der Waals surface area contributed by atoms with Gasteiger partial charge in [0.25, 0.3) is 0 Å². The highest BCUT2D eigenvalue weighted by atomic mass is 16.5. The summed E-state index contributed by atoms with van der Waals surface area (Å²) in [5.74, 6) is 1.51. The summed E-state index contributed by atoms with van der Waals surface area (Å²) in [5, 5.41) is 7.57. The lowest BCUT2D eigenvalue weighted by Crippen LogP contribution is -2.46. The number of piperidine rings is 2. The third-order valence-corrected chi connectivity index (χ3v) is 5.52. The van der Waals surface area contributed by atoms with Crippen LogP contribution >= 0.6 is 0 Å². The minimum absolute atomic E-state index is 0.0913. The van der Waals surface area contributed by atoms with Gasteiger partial charge in [-0.2, -0.15) is 4.98 Å². The number of rotatable bonds is 3. The van der Waals surface area contributed by atoms with Crippen LogP contribution in [0, 0.1) is 5.92 Å². The Morgan fingerprint density at radius 3 is 2.88 bits per heavy atom.